The van der Waals surface area contributed by atoms with E-state index in [0.717, 1.165) is 43.4 Å². The molecule has 0 spiro atoms. The number of likely N-dealkylation sites (tertiary alicyclic amines) is 1. The fourth-order valence-electron chi connectivity index (χ4n) is 3.23. The van der Waals surface area contributed by atoms with E-state index < -0.39 is 0 Å². The number of aromatic nitrogens is 3. The maximum Gasteiger partial charge on any atom is 0.151 e. The SMILES string of the molecule is CC(C)N1CCC(Cc2nc3n(n2)CC(N)CC3)C1. The maximum atomic E-state index is 5.98. The van der Waals surface area contributed by atoms with Gasteiger partial charge in [0.15, 0.2) is 5.82 Å². The van der Waals surface area contributed by atoms with Crippen LogP contribution in [-0.4, -0.2) is 44.8 Å². The second kappa shape index (κ2) is 5.21. The molecule has 0 bridgehead atoms. The Morgan fingerprint density at radius 3 is 2.89 bits per heavy atom. The van der Waals surface area contributed by atoms with E-state index in [0.29, 0.717) is 6.04 Å². The zero-order valence-electron chi connectivity index (χ0n) is 12.0. The minimum Gasteiger partial charge on any atom is -0.326 e. The number of aryl methyl sites for hydroxylation is 1. The van der Waals surface area contributed by atoms with E-state index in [1.165, 1.54) is 19.5 Å². The summed E-state index contributed by atoms with van der Waals surface area (Å²) in [5, 5.41) is 4.64. The third-order valence-corrected chi connectivity index (χ3v) is 4.46. The summed E-state index contributed by atoms with van der Waals surface area (Å²) >= 11 is 0. The Balaban J connectivity index is 1.62. The molecule has 19 heavy (non-hydrogen) atoms. The van der Waals surface area contributed by atoms with Gasteiger partial charge in [0.25, 0.3) is 0 Å². The standard InChI is InChI=1S/C14H25N5/c1-10(2)18-6-5-11(8-18)7-13-16-14-4-3-12(15)9-19(14)17-13/h10-12H,3-9,15H2,1-2H3. The van der Waals surface area contributed by atoms with Crippen molar-refractivity contribution in [3.63, 3.8) is 0 Å². The predicted octanol–water partition coefficient (Wildman–Crippen LogP) is 0.824. The highest BCUT2D eigenvalue weighted by molar-refractivity contribution is 4.99. The average molecular weight is 263 g/mol. The third kappa shape index (κ3) is 2.82. The lowest BCUT2D eigenvalue weighted by molar-refractivity contribution is 0.264. The van der Waals surface area contributed by atoms with Crippen molar-refractivity contribution in [3.05, 3.63) is 11.6 Å². The number of hydrogen-bond donors (Lipinski definition) is 1. The van der Waals surface area contributed by atoms with Gasteiger partial charge in [0.2, 0.25) is 0 Å². The van der Waals surface area contributed by atoms with E-state index in [2.05, 4.69) is 23.8 Å². The molecule has 5 nitrogen and oxygen atoms in total. The largest absolute Gasteiger partial charge is 0.326 e. The first-order valence-electron chi connectivity index (χ1n) is 7.54. The monoisotopic (exact) mass is 263 g/mol. The molecule has 106 valence electrons. The fourth-order valence-corrected chi connectivity index (χ4v) is 3.23. The molecule has 0 saturated carbocycles. The molecule has 2 unspecified atom stereocenters. The van der Waals surface area contributed by atoms with Crippen LogP contribution in [0.4, 0.5) is 0 Å². The number of rotatable bonds is 3. The van der Waals surface area contributed by atoms with Gasteiger partial charge in [-0.2, -0.15) is 5.10 Å². The second-order valence-electron chi connectivity index (χ2n) is 6.37. The molecule has 1 aromatic heterocycles. The number of hydrogen-bond acceptors (Lipinski definition) is 4. The minimum absolute atomic E-state index is 0.255. The molecule has 2 N–H and O–H groups in total. The van der Waals surface area contributed by atoms with Crippen molar-refractivity contribution in [2.75, 3.05) is 13.1 Å². The van der Waals surface area contributed by atoms with E-state index in [1.54, 1.807) is 0 Å². The number of fused-ring (bicyclic) bond motifs is 1. The van der Waals surface area contributed by atoms with Gasteiger partial charge in [0.1, 0.15) is 5.82 Å². The molecule has 0 aromatic carbocycles. The first kappa shape index (κ1) is 13.1. The highest BCUT2D eigenvalue weighted by Gasteiger charge is 2.26. The van der Waals surface area contributed by atoms with Gasteiger partial charge in [-0.3, -0.25) is 0 Å². The quantitative estimate of drug-likeness (QED) is 0.877. The summed E-state index contributed by atoms with van der Waals surface area (Å²) in [7, 11) is 0. The summed E-state index contributed by atoms with van der Waals surface area (Å²) in [6.07, 6.45) is 4.33. The molecule has 0 radical (unpaired) electrons. The van der Waals surface area contributed by atoms with Crippen LogP contribution in [-0.2, 0) is 19.4 Å². The summed E-state index contributed by atoms with van der Waals surface area (Å²) < 4.78 is 2.03. The van der Waals surface area contributed by atoms with Gasteiger partial charge in [-0.15, -0.1) is 0 Å². The first-order valence-corrected chi connectivity index (χ1v) is 7.54. The highest BCUT2D eigenvalue weighted by Crippen LogP contribution is 2.22. The van der Waals surface area contributed by atoms with Gasteiger partial charge in [-0.1, -0.05) is 0 Å². The Hall–Kier alpha value is -0.940. The zero-order valence-corrected chi connectivity index (χ0v) is 12.0. The Morgan fingerprint density at radius 1 is 1.32 bits per heavy atom. The van der Waals surface area contributed by atoms with Crippen LogP contribution in [0.15, 0.2) is 0 Å². The third-order valence-electron chi connectivity index (χ3n) is 4.46. The molecule has 3 rings (SSSR count). The normalized spacial score (nSPS) is 28.0. The highest BCUT2D eigenvalue weighted by atomic mass is 15.4. The van der Waals surface area contributed by atoms with Crippen molar-refractivity contribution >= 4 is 0 Å². The minimum atomic E-state index is 0.255. The van der Waals surface area contributed by atoms with Gasteiger partial charge >= 0.3 is 0 Å². The van der Waals surface area contributed by atoms with Crippen LogP contribution >= 0.6 is 0 Å². The number of nitrogens with zero attached hydrogens (tertiary/aromatic N) is 4. The van der Waals surface area contributed by atoms with Crippen LogP contribution < -0.4 is 5.73 Å². The first-order chi connectivity index (χ1) is 9.11. The van der Waals surface area contributed by atoms with E-state index in [1.807, 2.05) is 4.68 Å². The Kier molecular flexibility index (Phi) is 3.58. The molecular formula is C14H25N5. The number of nitrogens with two attached hydrogens (primary N) is 1. The molecular weight excluding hydrogens is 238 g/mol. The van der Waals surface area contributed by atoms with Crippen molar-refractivity contribution in [3.8, 4) is 0 Å². The van der Waals surface area contributed by atoms with Crippen LogP contribution in [0, 0.1) is 5.92 Å². The summed E-state index contributed by atoms with van der Waals surface area (Å²) in [4.78, 5) is 7.25. The van der Waals surface area contributed by atoms with Crippen molar-refractivity contribution in [2.24, 2.45) is 11.7 Å². The van der Waals surface area contributed by atoms with Crippen LogP contribution in [0.25, 0.3) is 0 Å². The van der Waals surface area contributed by atoms with Gasteiger partial charge in [0, 0.05) is 31.5 Å². The van der Waals surface area contributed by atoms with Crippen LogP contribution in [0.3, 0.4) is 0 Å². The summed E-state index contributed by atoms with van der Waals surface area (Å²) in [5.41, 5.74) is 5.98. The van der Waals surface area contributed by atoms with E-state index >= 15 is 0 Å². The predicted molar refractivity (Wildman–Crippen MR) is 74.8 cm³/mol. The molecule has 0 amide bonds. The van der Waals surface area contributed by atoms with Crippen LogP contribution in [0.2, 0.25) is 0 Å². The Labute approximate surface area is 115 Å². The molecule has 1 aromatic rings. The summed E-state index contributed by atoms with van der Waals surface area (Å²) in [6, 6.07) is 0.913. The maximum absolute atomic E-state index is 5.98. The van der Waals surface area contributed by atoms with E-state index in [9.17, 15) is 0 Å². The summed E-state index contributed by atoms with van der Waals surface area (Å²) in [6.45, 7) is 7.81. The topological polar surface area (TPSA) is 60.0 Å². The second-order valence-corrected chi connectivity index (χ2v) is 6.37. The van der Waals surface area contributed by atoms with Crippen molar-refractivity contribution in [1.82, 2.24) is 19.7 Å². The molecule has 2 aliphatic heterocycles. The molecule has 5 heteroatoms. The Morgan fingerprint density at radius 2 is 2.16 bits per heavy atom. The smallest absolute Gasteiger partial charge is 0.151 e. The lowest BCUT2D eigenvalue weighted by Gasteiger charge is -2.19. The molecule has 3 heterocycles. The Bertz CT molecular complexity index is 439. The zero-order chi connectivity index (χ0) is 13.4. The lowest BCUT2D eigenvalue weighted by Crippen LogP contribution is -2.32. The lowest BCUT2D eigenvalue weighted by atomic mass is 10.0. The molecule has 1 saturated heterocycles. The fraction of sp³-hybridized carbons (Fsp3) is 0.857. The van der Waals surface area contributed by atoms with Crippen LogP contribution in [0.5, 0.6) is 0 Å². The van der Waals surface area contributed by atoms with E-state index in [-0.39, 0.29) is 6.04 Å². The van der Waals surface area contributed by atoms with Gasteiger partial charge in [0.05, 0.1) is 6.54 Å². The van der Waals surface area contributed by atoms with Gasteiger partial charge in [-0.05, 0) is 39.2 Å². The van der Waals surface area contributed by atoms with Crippen molar-refractivity contribution in [1.29, 1.82) is 0 Å². The van der Waals surface area contributed by atoms with Crippen molar-refractivity contribution in [2.45, 2.75) is 58.2 Å². The molecule has 0 aliphatic carbocycles. The molecule has 2 atom stereocenters. The average Bonchev–Trinajstić information content (AvgIpc) is 2.95. The molecule has 2 aliphatic rings. The molecule has 1 fully saturated rings. The van der Waals surface area contributed by atoms with Gasteiger partial charge < -0.3 is 10.6 Å². The van der Waals surface area contributed by atoms with Crippen molar-refractivity contribution < 1.29 is 0 Å². The summed E-state index contributed by atoms with van der Waals surface area (Å²) in [5.74, 6) is 2.88. The van der Waals surface area contributed by atoms with Crippen LogP contribution in [0.1, 0.15) is 38.3 Å². The van der Waals surface area contributed by atoms with E-state index in [4.69, 9.17) is 10.7 Å². The van der Waals surface area contributed by atoms with Gasteiger partial charge in [-0.25, -0.2) is 9.67 Å².